The van der Waals surface area contributed by atoms with E-state index >= 15 is 0 Å². The van der Waals surface area contributed by atoms with Gasteiger partial charge in [-0.25, -0.2) is 4.98 Å². The second-order valence-electron chi connectivity index (χ2n) is 8.22. The Hall–Kier alpha value is -2.34. The van der Waals surface area contributed by atoms with E-state index in [-0.39, 0.29) is 5.91 Å². The second kappa shape index (κ2) is 8.35. The summed E-state index contributed by atoms with van der Waals surface area (Å²) in [7, 11) is 0. The van der Waals surface area contributed by atoms with Crippen molar-refractivity contribution < 1.29 is 9.53 Å². The minimum Gasteiger partial charge on any atom is -0.493 e. The number of benzene rings is 1. The summed E-state index contributed by atoms with van der Waals surface area (Å²) >= 11 is 0. The molecule has 3 heterocycles. The number of hydrogen-bond acceptors (Lipinski definition) is 4. The number of amides is 1. The average Bonchev–Trinajstić information content (AvgIpc) is 3.25. The lowest BCUT2D eigenvalue weighted by Gasteiger charge is -2.20. The van der Waals surface area contributed by atoms with Gasteiger partial charge in [0.1, 0.15) is 17.3 Å². The third kappa shape index (κ3) is 4.22. The molecule has 0 bridgehead atoms. The second-order valence-corrected chi connectivity index (χ2v) is 8.22. The quantitative estimate of drug-likeness (QED) is 0.834. The Morgan fingerprint density at radius 2 is 2.14 bits per heavy atom. The number of aromatic nitrogens is 2. The molecule has 0 atom stereocenters. The molecule has 28 heavy (non-hydrogen) atoms. The molecule has 0 fully saturated rings. The molecule has 0 aliphatic carbocycles. The van der Waals surface area contributed by atoms with Crippen LogP contribution < -0.4 is 10.1 Å². The van der Waals surface area contributed by atoms with Crippen LogP contribution in [0, 0.1) is 5.92 Å². The fraction of sp³-hybridized carbons (Fsp3) is 0.545. The Morgan fingerprint density at radius 1 is 1.25 bits per heavy atom. The van der Waals surface area contributed by atoms with Crippen LogP contribution in [0.25, 0.3) is 0 Å². The van der Waals surface area contributed by atoms with E-state index in [9.17, 15) is 4.79 Å². The third-order valence-electron chi connectivity index (χ3n) is 5.63. The number of carbonyl (C=O) groups excluding carboxylic acids is 1. The Bertz CT molecular complexity index is 843. The molecule has 4 rings (SSSR count). The van der Waals surface area contributed by atoms with E-state index in [0.29, 0.717) is 18.2 Å². The van der Waals surface area contributed by atoms with E-state index in [1.54, 1.807) is 6.20 Å². The molecule has 2 aliphatic rings. The molecule has 1 N–H and O–H groups in total. The first-order valence-electron chi connectivity index (χ1n) is 10.4. The van der Waals surface area contributed by atoms with E-state index < -0.39 is 0 Å². The van der Waals surface area contributed by atoms with Crippen molar-refractivity contribution in [2.24, 2.45) is 5.92 Å². The van der Waals surface area contributed by atoms with Gasteiger partial charge in [0.15, 0.2) is 0 Å². The molecule has 0 unspecified atom stereocenters. The van der Waals surface area contributed by atoms with Crippen molar-refractivity contribution in [2.75, 3.05) is 26.2 Å². The van der Waals surface area contributed by atoms with Crippen molar-refractivity contribution >= 4 is 5.91 Å². The fourth-order valence-corrected chi connectivity index (χ4v) is 3.98. The number of hydrogen-bond donors (Lipinski definition) is 1. The van der Waals surface area contributed by atoms with Crippen molar-refractivity contribution in [2.45, 2.75) is 46.2 Å². The highest BCUT2D eigenvalue weighted by Crippen LogP contribution is 2.26. The van der Waals surface area contributed by atoms with Gasteiger partial charge >= 0.3 is 0 Å². The fourth-order valence-electron chi connectivity index (χ4n) is 3.98. The maximum Gasteiger partial charge on any atom is 0.269 e. The summed E-state index contributed by atoms with van der Waals surface area (Å²) in [6.07, 6.45) is 4.60. The van der Waals surface area contributed by atoms with Gasteiger partial charge in [-0.05, 0) is 29.5 Å². The molecule has 1 aromatic carbocycles. The Morgan fingerprint density at radius 3 is 3.00 bits per heavy atom. The van der Waals surface area contributed by atoms with E-state index in [2.05, 4.69) is 51.8 Å². The first-order chi connectivity index (χ1) is 13.6. The van der Waals surface area contributed by atoms with Crippen LogP contribution in [0.15, 0.2) is 24.4 Å². The smallest absolute Gasteiger partial charge is 0.269 e. The number of nitrogens with zero attached hydrogens (tertiary/aromatic N) is 3. The van der Waals surface area contributed by atoms with Crippen LogP contribution >= 0.6 is 0 Å². The summed E-state index contributed by atoms with van der Waals surface area (Å²) in [4.78, 5) is 19.5. The van der Waals surface area contributed by atoms with Crippen LogP contribution in [0.4, 0.5) is 0 Å². The number of carbonyl (C=O) groups is 1. The molecule has 1 aromatic heterocycles. The zero-order valence-corrected chi connectivity index (χ0v) is 16.9. The van der Waals surface area contributed by atoms with E-state index in [0.717, 1.165) is 63.6 Å². The van der Waals surface area contributed by atoms with Crippen molar-refractivity contribution in [3.8, 4) is 5.75 Å². The van der Waals surface area contributed by atoms with Gasteiger partial charge in [0.2, 0.25) is 0 Å². The molecule has 0 spiro atoms. The van der Waals surface area contributed by atoms with Gasteiger partial charge in [-0.3, -0.25) is 9.69 Å². The van der Waals surface area contributed by atoms with E-state index in [1.807, 2.05) is 0 Å². The van der Waals surface area contributed by atoms with Crippen molar-refractivity contribution in [3.63, 3.8) is 0 Å². The molecule has 0 saturated carbocycles. The number of rotatable bonds is 6. The van der Waals surface area contributed by atoms with Crippen molar-refractivity contribution in [1.82, 2.24) is 19.8 Å². The lowest BCUT2D eigenvalue weighted by atomic mass is 10.1. The van der Waals surface area contributed by atoms with Gasteiger partial charge < -0.3 is 14.6 Å². The van der Waals surface area contributed by atoms with Gasteiger partial charge in [0.25, 0.3) is 5.91 Å². The molecule has 2 aromatic rings. The highest BCUT2D eigenvalue weighted by atomic mass is 16.5. The minimum atomic E-state index is -0.00790. The summed E-state index contributed by atoms with van der Waals surface area (Å²) in [5.41, 5.74) is 3.34. The Balaban J connectivity index is 1.37. The molecular formula is C22H30N4O2. The van der Waals surface area contributed by atoms with Crippen LogP contribution in [0.3, 0.4) is 0 Å². The van der Waals surface area contributed by atoms with Gasteiger partial charge in [-0.15, -0.1) is 0 Å². The summed E-state index contributed by atoms with van der Waals surface area (Å²) < 4.78 is 7.71. The number of ether oxygens (including phenoxy) is 1. The average molecular weight is 383 g/mol. The molecule has 2 aliphatic heterocycles. The zero-order valence-electron chi connectivity index (χ0n) is 16.9. The number of imidazole rings is 1. The highest BCUT2D eigenvalue weighted by molar-refractivity contribution is 5.92. The Labute approximate surface area is 166 Å². The standard InChI is InChI=1S/C22H30N4O2/c1-16(2)5-8-23-22(27)19-14-24-21-6-9-25(10-11-26(19)21)15-17-3-4-20-18(13-17)7-12-28-20/h3-4,13-14,16H,5-12,15H2,1-2H3,(H,23,27). The number of nitrogens with one attached hydrogen (secondary N) is 1. The normalized spacial score (nSPS) is 16.4. The van der Waals surface area contributed by atoms with Crippen LogP contribution in [-0.2, 0) is 25.9 Å². The van der Waals surface area contributed by atoms with Crippen LogP contribution in [0.2, 0.25) is 0 Å². The summed E-state index contributed by atoms with van der Waals surface area (Å²) in [6, 6.07) is 6.54. The van der Waals surface area contributed by atoms with Gasteiger partial charge in [-0.2, -0.15) is 0 Å². The van der Waals surface area contributed by atoms with Gasteiger partial charge in [0, 0.05) is 45.6 Å². The molecule has 6 nitrogen and oxygen atoms in total. The van der Waals surface area contributed by atoms with E-state index in [1.165, 1.54) is 11.1 Å². The minimum absolute atomic E-state index is 0.00790. The van der Waals surface area contributed by atoms with E-state index in [4.69, 9.17) is 4.74 Å². The van der Waals surface area contributed by atoms with Crippen molar-refractivity contribution in [1.29, 1.82) is 0 Å². The third-order valence-corrected chi connectivity index (χ3v) is 5.63. The lowest BCUT2D eigenvalue weighted by molar-refractivity contribution is 0.0942. The van der Waals surface area contributed by atoms with Crippen LogP contribution in [0.1, 0.15) is 47.7 Å². The maximum atomic E-state index is 12.6. The van der Waals surface area contributed by atoms with Crippen LogP contribution in [0.5, 0.6) is 5.75 Å². The molecule has 1 amide bonds. The van der Waals surface area contributed by atoms with Crippen molar-refractivity contribution in [3.05, 3.63) is 47.0 Å². The zero-order chi connectivity index (χ0) is 19.5. The Kier molecular flexibility index (Phi) is 5.67. The highest BCUT2D eigenvalue weighted by Gasteiger charge is 2.21. The van der Waals surface area contributed by atoms with Gasteiger partial charge in [-0.1, -0.05) is 26.0 Å². The summed E-state index contributed by atoms with van der Waals surface area (Å²) in [5, 5.41) is 3.04. The first-order valence-corrected chi connectivity index (χ1v) is 10.4. The molecular weight excluding hydrogens is 352 g/mol. The largest absolute Gasteiger partial charge is 0.493 e. The molecule has 0 saturated heterocycles. The first kappa shape index (κ1) is 19.0. The summed E-state index contributed by atoms with van der Waals surface area (Å²) in [6.45, 7) is 9.45. The monoisotopic (exact) mass is 382 g/mol. The molecule has 150 valence electrons. The molecule has 0 radical (unpaired) electrons. The topological polar surface area (TPSA) is 59.4 Å². The predicted molar refractivity (Wildman–Crippen MR) is 109 cm³/mol. The predicted octanol–water partition coefficient (Wildman–Crippen LogP) is 2.65. The molecule has 6 heteroatoms. The van der Waals surface area contributed by atoms with Gasteiger partial charge in [0.05, 0.1) is 12.8 Å². The lowest BCUT2D eigenvalue weighted by Crippen LogP contribution is -2.29. The SMILES string of the molecule is CC(C)CCNC(=O)c1cnc2n1CCN(Cc1ccc3c(c1)CCO3)CC2. The maximum absolute atomic E-state index is 12.6. The number of fused-ring (bicyclic) bond motifs is 2. The summed E-state index contributed by atoms with van der Waals surface area (Å²) in [5.74, 6) is 2.63. The van der Waals surface area contributed by atoms with Crippen LogP contribution in [-0.4, -0.2) is 46.6 Å².